The molecule has 2 rings (SSSR count). The molecule has 1 heterocycles. The van der Waals surface area contributed by atoms with Crippen LogP contribution in [0, 0.1) is 11.3 Å². The van der Waals surface area contributed by atoms with Crippen molar-refractivity contribution >= 4 is 6.29 Å². The Balaban J connectivity index is 2.15. The van der Waals surface area contributed by atoms with Crippen LogP contribution in [0.2, 0.25) is 0 Å². The van der Waals surface area contributed by atoms with Gasteiger partial charge in [-0.2, -0.15) is 0 Å². The predicted molar refractivity (Wildman–Crippen MR) is 68.0 cm³/mol. The number of carbonyl (C=O) groups is 1. The van der Waals surface area contributed by atoms with Crippen LogP contribution in [0.3, 0.4) is 0 Å². The van der Waals surface area contributed by atoms with Gasteiger partial charge in [0.15, 0.2) is 6.29 Å². The SMILES string of the molecule is CC(C)CC1(Cn2cncc2C=O)CCCC1. The highest BCUT2D eigenvalue weighted by molar-refractivity contribution is 5.71. The van der Waals surface area contributed by atoms with Crippen LogP contribution in [0.25, 0.3) is 0 Å². The van der Waals surface area contributed by atoms with Crippen LogP contribution in [0.15, 0.2) is 12.5 Å². The van der Waals surface area contributed by atoms with E-state index in [9.17, 15) is 4.79 Å². The first-order valence-electron chi connectivity index (χ1n) is 6.60. The topological polar surface area (TPSA) is 34.9 Å². The molecule has 1 aromatic heterocycles. The second-order valence-corrected chi connectivity index (χ2v) is 5.87. The lowest BCUT2D eigenvalue weighted by Crippen LogP contribution is -2.26. The quantitative estimate of drug-likeness (QED) is 0.733. The molecule has 1 saturated carbocycles. The smallest absolute Gasteiger partial charge is 0.168 e. The minimum atomic E-state index is 0.395. The van der Waals surface area contributed by atoms with Crippen molar-refractivity contribution in [3.05, 3.63) is 18.2 Å². The lowest BCUT2D eigenvalue weighted by molar-refractivity contribution is 0.111. The molecule has 0 aromatic carbocycles. The number of rotatable bonds is 5. The molecule has 0 bridgehead atoms. The van der Waals surface area contributed by atoms with Gasteiger partial charge in [-0.15, -0.1) is 0 Å². The molecule has 0 atom stereocenters. The second-order valence-electron chi connectivity index (χ2n) is 5.87. The summed E-state index contributed by atoms with van der Waals surface area (Å²) >= 11 is 0. The van der Waals surface area contributed by atoms with Crippen molar-refractivity contribution in [2.75, 3.05) is 0 Å². The number of hydrogen-bond donors (Lipinski definition) is 0. The lowest BCUT2D eigenvalue weighted by atomic mass is 9.78. The van der Waals surface area contributed by atoms with Crippen LogP contribution in [0.1, 0.15) is 56.4 Å². The largest absolute Gasteiger partial charge is 0.328 e. The van der Waals surface area contributed by atoms with Crippen LogP contribution in [-0.2, 0) is 6.54 Å². The molecule has 3 nitrogen and oxygen atoms in total. The zero-order valence-electron chi connectivity index (χ0n) is 10.9. The van der Waals surface area contributed by atoms with E-state index in [4.69, 9.17) is 0 Å². The molecule has 0 saturated heterocycles. The van der Waals surface area contributed by atoms with Crippen LogP contribution in [0.5, 0.6) is 0 Å². The summed E-state index contributed by atoms with van der Waals surface area (Å²) in [6.45, 7) is 5.53. The van der Waals surface area contributed by atoms with Gasteiger partial charge in [-0.25, -0.2) is 4.98 Å². The lowest BCUT2D eigenvalue weighted by Gasteiger charge is -2.31. The summed E-state index contributed by atoms with van der Waals surface area (Å²) in [5.74, 6) is 0.719. The van der Waals surface area contributed by atoms with E-state index in [2.05, 4.69) is 18.8 Å². The molecular formula is C14H22N2O. The van der Waals surface area contributed by atoms with E-state index in [0.29, 0.717) is 11.1 Å². The van der Waals surface area contributed by atoms with Crippen molar-refractivity contribution in [1.29, 1.82) is 0 Å². The molecule has 1 aliphatic rings. The van der Waals surface area contributed by atoms with Crippen LogP contribution in [0.4, 0.5) is 0 Å². The van der Waals surface area contributed by atoms with Crippen molar-refractivity contribution in [3.63, 3.8) is 0 Å². The van der Waals surface area contributed by atoms with E-state index >= 15 is 0 Å². The monoisotopic (exact) mass is 234 g/mol. The molecule has 1 aromatic rings. The summed E-state index contributed by atoms with van der Waals surface area (Å²) in [5.41, 5.74) is 1.10. The van der Waals surface area contributed by atoms with Gasteiger partial charge < -0.3 is 4.57 Å². The highest BCUT2D eigenvalue weighted by atomic mass is 16.1. The van der Waals surface area contributed by atoms with Gasteiger partial charge in [0.05, 0.1) is 12.5 Å². The molecule has 17 heavy (non-hydrogen) atoms. The normalized spacial score (nSPS) is 18.8. The minimum Gasteiger partial charge on any atom is -0.328 e. The molecule has 0 N–H and O–H groups in total. The molecule has 1 fully saturated rings. The summed E-state index contributed by atoms with van der Waals surface area (Å²) in [7, 11) is 0. The van der Waals surface area contributed by atoms with Gasteiger partial charge in [-0.3, -0.25) is 4.79 Å². The number of aldehydes is 1. The fraction of sp³-hybridized carbons (Fsp3) is 0.714. The summed E-state index contributed by atoms with van der Waals surface area (Å²) in [4.78, 5) is 15.0. The molecule has 3 heteroatoms. The zero-order chi connectivity index (χ0) is 12.3. The Labute approximate surface area is 103 Å². The first-order valence-corrected chi connectivity index (χ1v) is 6.60. The van der Waals surface area contributed by atoms with Crippen molar-refractivity contribution in [2.45, 2.75) is 52.5 Å². The number of aromatic nitrogens is 2. The average molecular weight is 234 g/mol. The molecule has 0 spiro atoms. The third kappa shape index (κ3) is 2.76. The van der Waals surface area contributed by atoms with E-state index in [1.165, 1.54) is 32.1 Å². The molecular weight excluding hydrogens is 212 g/mol. The third-order valence-electron chi connectivity index (χ3n) is 3.88. The first kappa shape index (κ1) is 12.3. The van der Waals surface area contributed by atoms with E-state index in [1.807, 2.05) is 4.57 Å². The van der Waals surface area contributed by atoms with Gasteiger partial charge in [0.2, 0.25) is 0 Å². The number of nitrogens with zero attached hydrogens (tertiary/aromatic N) is 2. The van der Waals surface area contributed by atoms with Gasteiger partial charge in [-0.1, -0.05) is 26.7 Å². The molecule has 1 aliphatic carbocycles. The number of carbonyl (C=O) groups excluding carboxylic acids is 1. The average Bonchev–Trinajstić information content (AvgIpc) is 2.87. The Morgan fingerprint density at radius 1 is 1.47 bits per heavy atom. The highest BCUT2D eigenvalue weighted by Gasteiger charge is 2.35. The Morgan fingerprint density at radius 2 is 2.18 bits per heavy atom. The first-order chi connectivity index (χ1) is 8.15. The summed E-state index contributed by atoms with van der Waals surface area (Å²) in [6, 6.07) is 0. The fourth-order valence-corrected chi connectivity index (χ4v) is 3.34. The van der Waals surface area contributed by atoms with Gasteiger partial charge in [0.25, 0.3) is 0 Å². The van der Waals surface area contributed by atoms with E-state index in [-0.39, 0.29) is 0 Å². The Hall–Kier alpha value is -1.12. The second kappa shape index (κ2) is 5.03. The van der Waals surface area contributed by atoms with E-state index in [1.54, 1.807) is 12.5 Å². The van der Waals surface area contributed by atoms with Crippen molar-refractivity contribution < 1.29 is 4.79 Å². The standard InChI is InChI=1S/C14H22N2O/c1-12(2)7-14(5-3-4-6-14)10-16-11-15-8-13(16)9-17/h8-9,11-12H,3-7,10H2,1-2H3. The molecule has 0 unspecified atom stereocenters. The van der Waals surface area contributed by atoms with Gasteiger partial charge in [0, 0.05) is 6.54 Å². The fourth-order valence-electron chi connectivity index (χ4n) is 3.34. The van der Waals surface area contributed by atoms with E-state index < -0.39 is 0 Å². The third-order valence-corrected chi connectivity index (χ3v) is 3.88. The van der Waals surface area contributed by atoms with Crippen LogP contribution in [-0.4, -0.2) is 15.8 Å². The molecule has 0 aliphatic heterocycles. The maximum Gasteiger partial charge on any atom is 0.168 e. The number of hydrogen-bond acceptors (Lipinski definition) is 2. The summed E-state index contributed by atoms with van der Waals surface area (Å²) in [6.07, 6.45) is 10.9. The summed E-state index contributed by atoms with van der Waals surface area (Å²) in [5, 5.41) is 0. The maximum absolute atomic E-state index is 10.9. The summed E-state index contributed by atoms with van der Waals surface area (Å²) < 4.78 is 2.03. The molecule has 0 amide bonds. The maximum atomic E-state index is 10.9. The van der Waals surface area contributed by atoms with E-state index in [0.717, 1.165) is 18.7 Å². The molecule has 94 valence electrons. The van der Waals surface area contributed by atoms with Crippen LogP contribution < -0.4 is 0 Å². The van der Waals surface area contributed by atoms with Crippen molar-refractivity contribution in [2.24, 2.45) is 11.3 Å². The molecule has 0 radical (unpaired) electrons. The number of imidazole rings is 1. The van der Waals surface area contributed by atoms with Gasteiger partial charge in [0.1, 0.15) is 5.69 Å². The zero-order valence-corrected chi connectivity index (χ0v) is 10.9. The van der Waals surface area contributed by atoms with Gasteiger partial charge in [-0.05, 0) is 30.6 Å². The van der Waals surface area contributed by atoms with Crippen molar-refractivity contribution in [3.8, 4) is 0 Å². The van der Waals surface area contributed by atoms with Crippen LogP contribution >= 0.6 is 0 Å². The van der Waals surface area contributed by atoms with Gasteiger partial charge >= 0.3 is 0 Å². The predicted octanol–water partition coefficient (Wildman–Crippen LogP) is 3.30. The highest BCUT2D eigenvalue weighted by Crippen LogP contribution is 2.44. The van der Waals surface area contributed by atoms with Crippen molar-refractivity contribution in [1.82, 2.24) is 9.55 Å². The Kier molecular flexibility index (Phi) is 3.65. The Morgan fingerprint density at radius 3 is 2.76 bits per heavy atom. The minimum absolute atomic E-state index is 0.395. The Bertz CT molecular complexity index is 375.